The highest BCUT2D eigenvalue weighted by molar-refractivity contribution is 6.34. The summed E-state index contributed by atoms with van der Waals surface area (Å²) in [5.74, 6) is 5.27. The Morgan fingerprint density at radius 3 is 1.67 bits per heavy atom. The number of halogens is 2. The van der Waals surface area contributed by atoms with Crippen LogP contribution in [0.3, 0.4) is 0 Å². The van der Waals surface area contributed by atoms with E-state index in [1.807, 2.05) is 27.7 Å². The van der Waals surface area contributed by atoms with Crippen molar-refractivity contribution in [3.63, 3.8) is 0 Å². The molecule has 0 aromatic heterocycles. The van der Waals surface area contributed by atoms with Crippen LogP contribution in [0.1, 0.15) is 48.4 Å². The molecule has 5 N–H and O–H groups in total. The van der Waals surface area contributed by atoms with E-state index in [1.165, 1.54) is 38.5 Å². The molecule has 0 amide bonds. The maximum atomic E-state index is 11.4. The second kappa shape index (κ2) is 13.0. The molecule has 0 aliphatic heterocycles. The summed E-state index contributed by atoms with van der Waals surface area (Å²) in [7, 11) is 2.57. The summed E-state index contributed by atoms with van der Waals surface area (Å²) in [6, 6.07) is 5.99. The van der Waals surface area contributed by atoms with Crippen molar-refractivity contribution < 1.29 is 28.5 Å². The maximum Gasteiger partial charge on any atom is 0.339 e. The molecule has 0 saturated heterocycles. The van der Waals surface area contributed by atoms with Crippen molar-refractivity contribution in [2.75, 3.05) is 25.4 Å². The summed E-state index contributed by atoms with van der Waals surface area (Å²) >= 11 is 11.9. The van der Waals surface area contributed by atoms with Crippen LogP contribution in [0.2, 0.25) is 10.0 Å². The van der Waals surface area contributed by atoms with Gasteiger partial charge in [-0.3, -0.25) is 5.84 Å². The number of rotatable bonds is 7. The third-order valence-corrected chi connectivity index (χ3v) is 4.49. The fraction of sp³-hybridized carbons (Fsp3) is 0.364. The van der Waals surface area contributed by atoms with Gasteiger partial charge in [-0.1, -0.05) is 23.2 Å². The molecular weight excluding hydrogens is 473 g/mol. The van der Waals surface area contributed by atoms with Gasteiger partial charge in [0.2, 0.25) is 0 Å². The predicted molar refractivity (Wildman–Crippen MR) is 129 cm³/mol. The molecule has 2 rings (SSSR count). The molecule has 0 radical (unpaired) electrons. The number of nitrogens with one attached hydrogen (secondary N) is 1. The Labute approximate surface area is 203 Å². The van der Waals surface area contributed by atoms with Crippen LogP contribution < -0.4 is 26.5 Å². The molecule has 33 heavy (non-hydrogen) atoms. The zero-order chi connectivity index (χ0) is 25.3. The molecule has 0 atom stereocenters. The summed E-state index contributed by atoms with van der Waals surface area (Å²) in [5.41, 5.74) is 9.50. The number of benzene rings is 2. The summed E-state index contributed by atoms with van der Waals surface area (Å²) in [6.45, 7) is 7.51. The SMILES string of the molecule is COC(=O)c1cc(N)c(OC(C)C)cc1Cl.COC(=O)c1cc(NN)c(OC(C)C)cc1Cl. The summed E-state index contributed by atoms with van der Waals surface area (Å²) in [6.07, 6.45) is -0.0375. The number of anilines is 2. The number of carbonyl (C=O) groups excluding carboxylic acids is 2. The number of nitrogens with two attached hydrogens (primary N) is 2. The van der Waals surface area contributed by atoms with E-state index in [-0.39, 0.29) is 33.4 Å². The van der Waals surface area contributed by atoms with Gasteiger partial charge < -0.3 is 30.1 Å². The molecular formula is C22H29Cl2N3O6. The average Bonchev–Trinajstić information content (AvgIpc) is 2.74. The van der Waals surface area contributed by atoms with Gasteiger partial charge in [-0.25, -0.2) is 9.59 Å². The molecule has 9 nitrogen and oxygen atoms in total. The molecule has 182 valence electrons. The lowest BCUT2D eigenvalue weighted by molar-refractivity contribution is 0.0592. The number of hydrogen-bond donors (Lipinski definition) is 3. The molecule has 2 aromatic rings. The minimum Gasteiger partial charge on any atom is -0.489 e. The zero-order valence-electron chi connectivity index (χ0n) is 19.3. The van der Waals surface area contributed by atoms with Crippen molar-refractivity contribution >= 4 is 46.5 Å². The minimum atomic E-state index is -0.525. The Morgan fingerprint density at radius 2 is 1.24 bits per heavy atom. The number of ether oxygens (including phenoxy) is 4. The lowest BCUT2D eigenvalue weighted by Gasteiger charge is -2.15. The van der Waals surface area contributed by atoms with E-state index in [2.05, 4.69) is 14.9 Å². The van der Waals surface area contributed by atoms with Crippen LogP contribution in [0.15, 0.2) is 24.3 Å². The molecule has 2 aromatic carbocycles. The van der Waals surface area contributed by atoms with Gasteiger partial charge in [0, 0.05) is 12.1 Å². The molecule has 0 unspecified atom stereocenters. The number of carbonyl (C=O) groups is 2. The highest BCUT2D eigenvalue weighted by atomic mass is 35.5. The van der Waals surface area contributed by atoms with Crippen molar-refractivity contribution in [2.45, 2.75) is 39.9 Å². The first-order valence-corrected chi connectivity index (χ1v) is 10.6. The Bertz CT molecular complexity index is 983. The van der Waals surface area contributed by atoms with Crippen molar-refractivity contribution in [3.05, 3.63) is 45.4 Å². The van der Waals surface area contributed by atoms with Gasteiger partial charge in [0.05, 0.1) is 59.0 Å². The van der Waals surface area contributed by atoms with Crippen LogP contribution in [-0.2, 0) is 9.47 Å². The first kappa shape index (κ1) is 28.2. The van der Waals surface area contributed by atoms with Crippen molar-refractivity contribution in [1.82, 2.24) is 0 Å². The van der Waals surface area contributed by atoms with Gasteiger partial charge in [-0.15, -0.1) is 0 Å². The smallest absolute Gasteiger partial charge is 0.339 e. The first-order chi connectivity index (χ1) is 15.4. The Kier molecular flexibility index (Phi) is 11.1. The molecule has 0 fully saturated rings. The van der Waals surface area contributed by atoms with Gasteiger partial charge >= 0.3 is 11.9 Å². The van der Waals surface area contributed by atoms with Crippen LogP contribution in [0.5, 0.6) is 11.5 Å². The van der Waals surface area contributed by atoms with Gasteiger partial charge in [0.25, 0.3) is 0 Å². The van der Waals surface area contributed by atoms with Crippen LogP contribution in [0, 0.1) is 0 Å². The third kappa shape index (κ3) is 8.20. The topological polar surface area (TPSA) is 135 Å². The van der Waals surface area contributed by atoms with Gasteiger partial charge in [0.15, 0.2) is 0 Å². The number of hydrazine groups is 1. The quantitative estimate of drug-likeness (QED) is 0.213. The molecule has 0 spiro atoms. The van der Waals surface area contributed by atoms with Gasteiger partial charge in [0.1, 0.15) is 11.5 Å². The van der Waals surface area contributed by atoms with E-state index < -0.39 is 11.9 Å². The molecule has 11 heteroatoms. The fourth-order valence-corrected chi connectivity index (χ4v) is 2.94. The average molecular weight is 502 g/mol. The normalized spacial score (nSPS) is 10.3. The predicted octanol–water partition coefficient (Wildman–Crippen LogP) is 4.70. The summed E-state index contributed by atoms with van der Waals surface area (Å²) in [5, 5.41) is 0.517. The number of hydrogen-bond acceptors (Lipinski definition) is 9. The van der Waals surface area contributed by atoms with E-state index in [4.69, 9.17) is 44.3 Å². The minimum absolute atomic E-state index is 0.0117. The Hall–Kier alpha value is -2.88. The van der Waals surface area contributed by atoms with Crippen molar-refractivity contribution in [3.8, 4) is 11.5 Å². The number of nitrogen functional groups attached to an aromatic ring is 2. The van der Waals surface area contributed by atoms with E-state index in [1.54, 1.807) is 0 Å². The van der Waals surface area contributed by atoms with Crippen molar-refractivity contribution in [1.29, 1.82) is 0 Å². The van der Waals surface area contributed by atoms with Crippen LogP contribution in [-0.4, -0.2) is 38.4 Å². The van der Waals surface area contributed by atoms with E-state index in [0.29, 0.717) is 22.9 Å². The van der Waals surface area contributed by atoms with E-state index in [9.17, 15) is 9.59 Å². The Balaban J connectivity index is 0.000000331. The van der Waals surface area contributed by atoms with Crippen LogP contribution in [0.4, 0.5) is 11.4 Å². The molecule has 0 bridgehead atoms. The monoisotopic (exact) mass is 501 g/mol. The molecule has 0 aliphatic rings. The lowest BCUT2D eigenvalue weighted by atomic mass is 10.2. The molecule has 0 heterocycles. The zero-order valence-corrected chi connectivity index (χ0v) is 20.8. The van der Waals surface area contributed by atoms with Crippen LogP contribution in [0.25, 0.3) is 0 Å². The van der Waals surface area contributed by atoms with Gasteiger partial charge in [-0.05, 0) is 39.8 Å². The van der Waals surface area contributed by atoms with Crippen molar-refractivity contribution in [2.24, 2.45) is 5.84 Å². The first-order valence-electron chi connectivity index (χ1n) is 9.84. The third-order valence-electron chi connectivity index (χ3n) is 3.86. The molecule has 0 aliphatic carbocycles. The Morgan fingerprint density at radius 1 is 0.818 bits per heavy atom. The second-order valence-corrected chi connectivity index (χ2v) is 7.97. The van der Waals surface area contributed by atoms with Gasteiger partial charge in [-0.2, -0.15) is 0 Å². The molecule has 0 saturated carbocycles. The van der Waals surface area contributed by atoms with E-state index >= 15 is 0 Å². The summed E-state index contributed by atoms with van der Waals surface area (Å²) in [4.78, 5) is 22.7. The largest absolute Gasteiger partial charge is 0.489 e. The fourth-order valence-electron chi connectivity index (χ4n) is 2.48. The standard InChI is InChI=1S/C11H15ClN2O3.C11H14ClNO3/c1-6(2)17-10-5-8(12)7(11(15)16-3)4-9(10)14-13;1-6(2)16-10-5-8(12)7(4-9(10)13)11(14)15-3/h4-6,14H,13H2,1-3H3;4-6H,13H2,1-3H3. The lowest BCUT2D eigenvalue weighted by Crippen LogP contribution is -2.13. The van der Waals surface area contributed by atoms with Crippen LogP contribution >= 0.6 is 23.2 Å². The highest BCUT2D eigenvalue weighted by Gasteiger charge is 2.17. The number of esters is 2. The number of methoxy groups -OCH3 is 2. The highest BCUT2D eigenvalue weighted by Crippen LogP contribution is 2.32. The second-order valence-electron chi connectivity index (χ2n) is 7.16. The maximum absolute atomic E-state index is 11.4. The summed E-state index contributed by atoms with van der Waals surface area (Å²) < 4.78 is 20.1. The van der Waals surface area contributed by atoms with E-state index in [0.717, 1.165) is 0 Å².